The lowest BCUT2D eigenvalue weighted by Gasteiger charge is -2.24. The molecule has 0 unspecified atom stereocenters. The molecule has 0 aromatic heterocycles. The number of hydrogen-bond donors (Lipinski definition) is 0. The second kappa shape index (κ2) is 7.05. The lowest BCUT2D eigenvalue weighted by atomic mass is 9.79. The first-order valence-electron chi connectivity index (χ1n) is 7.48. The Morgan fingerprint density at radius 2 is 1.08 bits per heavy atom. The molecule has 0 amide bonds. The van der Waals surface area contributed by atoms with E-state index in [0.717, 1.165) is 0 Å². The Balaban J connectivity index is 0.000000960. The summed E-state index contributed by atoms with van der Waals surface area (Å²) in [6, 6.07) is 26.2. The molecule has 0 heterocycles. The first-order valence-corrected chi connectivity index (χ1v) is 7.48. The van der Waals surface area contributed by atoms with Crippen LogP contribution in [0.3, 0.4) is 0 Å². The number of hydrogen-bond acceptors (Lipinski definition) is 0. The molecule has 0 saturated carbocycles. The average Bonchev–Trinajstić information content (AvgIpc) is 2.77. The molecule has 0 heteroatoms. The molecular formula is C24H30. The summed E-state index contributed by atoms with van der Waals surface area (Å²) in [6.07, 6.45) is 0. The van der Waals surface area contributed by atoms with Crippen molar-refractivity contribution in [1.82, 2.24) is 0 Å². The fraction of sp³-hybridized carbons (Fsp3) is 0.250. The predicted molar refractivity (Wildman–Crippen MR) is 110 cm³/mol. The zero-order valence-electron chi connectivity index (χ0n) is 12.4. The van der Waals surface area contributed by atoms with Crippen molar-refractivity contribution < 1.29 is 0 Å². The Kier molecular flexibility index (Phi) is 5.79. The highest BCUT2D eigenvalue weighted by molar-refractivity contribution is 5.87. The summed E-state index contributed by atoms with van der Waals surface area (Å²) in [4.78, 5) is 0. The standard InChI is InChI=1S/C21H18.3CH4/c1-21(2)19-14-7-6-11-17(19)18-13-8-12-16(20(18)21)15-9-4-3-5-10-15;;;/h3-14H,1-2H3;3*1H4. The summed E-state index contributed by atoms with van der Waals surface area (Å²) in [6.45, 7) is 4.67. The average molecular weight is 319 g/mol. The topological polar surface area (TPSA) is 0 Å². The monoisotopic (exact) mass is 318 g/mol. The molecule has 3 aromatic carbocycles. The Morgan fingerprint density at radius 3 is 1.79 bits per heavy atom. The quantitative estimate of drug-likeness (QED) is 0.434. The molecule has 0 saturated heterocycles. The second-order valence-electron chi connectivity index (χ2n) is 6.26. The van der Waals surface area contributed by atoms with E-state index in [9.17, 15) is 0 Å². The van der Waals surface area contributed by atoms with Gasteiger partial charge < -0.3 is 0 Å². The molecule has 1 aliphatic carbocycles. The largest absolute Gasteiger partial charge is 0.0776 e. The van der Waals surface area contributed by atoms with Gasteiger partial charge in [-0.05, 0) is 33.4 Å². The van der Waals surface area contributed by atoms with E-state index in [1.807, 2.05) is 0 Å². The smallest absolute Gasteiger partial charge is 0.0165 e. The summed E-state index contributed by atoms with van der Waals surface area (Å²) in [7, 11) is 0. The first kappa shape index (κ1) is 19.7. The van der Waals surface area contributed by atoms with E-state index in [2.05, 4.69) is 86.6 Å². The molecule has 3 aromatic rings. The Hall–Kier alpha value is -2.34. The van der Waals surface area contributed by atoms with Crippen LogP contribution in [-0.2, 0) is 5.41 Å². The van der Waals surface area contributed by atoms with Crippen LogP contribution in [0.25, 0.3) is 22.3 Å². The van der Waals surface area contributed by atoms with E-state index in [0.29, 0.717) is 0 Å². The molecule has 1 aliphatic rings. The SMILES string of the molecule is C.C.C.CC1(C)c2ccccc2-c2cccc(-c3ccccc3)c21. The molecule has 0 bridgehead atoms. The Labute approximate surface area is 148 Å². The number of benzene rings is 3. The lowest BCUT2D eigenvalue weighted by Crippen LogP contribution is -2.16. The number of fused-ring (bicyclic) bond motifs is 3. The van der Waals surface area contributed by atoms with Gasteiger partial charge in [-0.3, -0.25) is 0 Å². The van der Waals surface area contributed by atoms with Crippen molar-refractivity contribution in [3.63, 3.8) is 0 Å². The third-order valence-corrected chi connectivity index (χ3v) is 4.66. The van der Waals surface area contributed by atoms with Crippen molar-refractivity contribution in [3.05, 3.63) is 83.9 Å². The summed E-state index contributed by atoms with van der Waals surface area (Å²) < 4.78 is 0. The van der Waals surface area contributed by atoms with Gasteiger partial charge in [0.25, 0.3) is 0 Å². The fourth-order valence-corrected chi connectivity index (χ4v) is 3.71. The van der Waals surface area contributed by atoms with Crippen LogP contribution in [0.4, 0.5) is 0 Å². The van der Waals surface area contributed by atoms with Crippen molar-refractivity contribution in [2.45, 2.75) is 41.5 Å². The normalized spacial score (nSPS) is 12.8. The van der Waals surface area contributed by atoms with Gasteiger partial charge in [-0.15, -0.1) is 0 Å². The Morgan fingerprint density at radius 1 is 0.542 bits per heavy atom. The van der Waals surface area contributed by atoms with Gasteiger partial charge in [0, 0.05) is 5.41 Å². The van der Waals surface area contributed by atoms with Gasteiger partial charge in [-0.1, -0.05) is 109 Å². The molecule has 0 radical (unpaired) electrons. The van der Waals surface area contributed by atoms with E-state index < -0.39 is 0 Å². The van der Waals surface area contributed by atoms with Gasteiger partial charge >= 0.3 is 0 Å². The van der Waals surface area contributed by atoms with Gasteiger partial charge in [0.1, 0.15) is 0 Å². The zero-order valence-corrected chi connectivity index (χ0v) is 12.4. The molecule has 0 nitrogen and oxygen atoms in total. The Bertz CT molecular complexity index is 810. The van der Waals surface area contributed by atoms with Crippen molar-refractivity contribution >= 4 is 0 Å². The van der Waals surface area contributed by atoms with Crippen LogP contribution in [0.2, 0.25) is 0 Å². The van der Waals surface area contributed by atoms with E-state index in [-0.39, 0.29) is 27.7 Å². The number of rotatable bonds is 1. The lowest BCUT2D eigenvalue weighted by molar-refractivity contribution is 0.662. The highest BCUT2D eigenvalue weighted by Gasteiger charge is 2.36. The van der Waals surface area contributed by atoms with Crippen LogP contribution >= 0.6 is 0 Å². The van der Waals surface area contributed by atoms with E-state index in [1.54, 1.807) is 0 Å². The molecule has 0 spiro atoms. The fourth-order valence-electron chi connectivity index (χ4n) is 3.71. The first-order chi connectivity index (χ1) is 10.2. The van der Waals surface area contributed by atoms with Crippen LogP contribution in [0.1, 0.15) is 47.3 Å². The molecule has 0 N–H and O–H groups in total. The summed E-state index contributed by atoms with van der Waals surface area (Å²) in [5.41, 5.74) is 8.37. The van der Waals surface area contributed by atoms with E-state index in [1.165, 1.54) is 33.4 Å². The predicted octanol–water partition coefficient (Wildman–Crippen LogP) is 7.57. The molecule has 126 valence electrons. The second-order valence-corrected chi connectivity index (χ2v) is 6.26. The summed E-state index contributed by atoms with van der Waals surface area (Å²) in [5.74, 6) is 0. The molecule has 0 atom stereocenters. The van der Waals surface area contributed by atoms with Gasteiger partial charge in [0.05, 0.1) is 0 Å². The minimum Gasteiger partial charge on any atom is -0.0776 e. The van der Waals surface area contributed by atoms with Crippen molar-refractivity contribution in [1.29, 1.82) is 0 Å². The molecule has 0 aliphatic heterocycles. The van der Waals surface area contributed by atoms with Crippen LogP contribution in [0, 0.1) is 0 Å². The molecule has 4 rings (SSSR count). The minimum atomic E-state index is 0. The van der Waals surface area contributed by atoms with Crippen molar-refractivity contribution in [3.8, 4) is 22.3 Å². The van der Waals surface area contributed by atoms with Crippen LogP contribution < -0.4 is 0 Å². The highest BCUT2D eigenvalue weighted by atomic mass is 14.4. The van der Waals surface area contributed by atoms with Gasteiger partial charge in [0.2, 0.25) is 0 Å². The third-order valence-electron chi connectivity index (χ3n) is 4.66. The maximum absolute atomic E-state index is 2.34. The van der Waals surface area contributed by atoms with Crippen molar-refractivity contribution in [2.24, 2.45) is 0 Å². The zero-order chi connectivity index (χ0) is 14.4. The molecular weight excluding hydrogens is 288 g/mol. The van der Waals surface area contributed by atoms with Crippen molar-refractivity contribution in [2.75, 3.05) is 0 Å². The van der Waals surface area contributed by atoms with Crippen LogP contribution in [0.5, 0.6) is 0 Å². The van der Waals surface area contributed by atoms with Gasteiger partial charge in [0.15, 0.2) is 0 Å². The molecule has 24 heavy (non-hydrogen) atoms. The summed E-state index contributed by atoms with van der Waals surface area (Å²) in [5, 5.41) is 0. The van der Waals surface area contributed by atoms with E-state index >= 15 is 0 Å². The van der Waals surface area contributed by atoms with Crippen LogP contribution in [0.15, 0.2) is 72.8 Å². The maximum atomic E-state index is 2.34. The van der Waals surface area contributed by atoms with E-state index in [4.69, 9.17) is 0 Å². The third kappa shape index (κ3) is 2.67. The minimum absolute atomic E-state index is 0. The molecule has 0 fully saturated rings. The maximum Gasteiger partial charge on any atom is 0.0165 e. The van der Waals surface area contributed by atoms with Gasteiger partial charge in [-0.2, -0.15) is 0 Å². The summed E-state index contributed by atoms with van der Waals surface area (Å²) >= 11 is 0. The highest BCUT2D eigenvalue weighted by Crippen LogP contribution is 2.51. The van der Waals surface area contributed by atoms with Crippen LogP contribution in [-0.4, -0.2) is 0 Å². The van der Waals surface area contributed by atoms with Gasteiger partial charge in [-0.25, -0.2) is 0 Å².